The normalized spacial score (nSPS) is 12.1. The molecular weight excluding hydrogens is 214 g/mol. The molecule has 0 saturated heterocycles. The van der Waals surface area contributed by atoms with Gasteiger partial charge in [-0.1, -0.05) is 0 Å². The van der Waals surface area contributed by atoms with Gasteiger partial charge in [0.25, 0.3) is 5.56 Å². The summed E-state index contributed by atoms with van der Waals surface area (Å²) in [6, 6.07) is 0.253. The topological polar surface area (TPSA) is 107 Å². The molecular formula is C9H13N3O4. The van der Waals surface area contributed by atoms with E-state index in [4.69, 9.17) is 5.73 Å². The lowest BCUT2D eigenvalue weighted by Gasteiger charge is -2.11. The molecule has 0 aliphatic carbocycles. The lowest BCUT2D eigenvalue weighted by molar-refractivity contribution is -0.145. The standard InChI is InChI=1S/C9H13N3O4/c1-2-16-8(14)6(10)5-12-4-3-7(13)11-9(12)15/h3-4,6H,2,5,10H2,1H3,(H,11,13,15). The highest BCUT2D eigenvalue weighted by Gasteiger charge is 2.15. The van der Waals surface area contributed by atoms with Crippen LogP contribution in [0.2, 0.25) is 0 Å². The Balaban J connectivity index is 2.77. The van der Waals surface area contributed by atoms with Crippen LogP contribution < -0.4 is 17.0 Å². The molecule has 0 fully saturated rings. The van der Waals surface area contributed by atoms with Crippen LogP contribution in [0.1, 0.15) is 6.92 Å². The molecule has 0 aliphatic rings. The van der Waals surface area contributed by atoms with Crippen molar-refractivity contribution in [1.82, 2.24) is 9.55 Å². The Morgan fingerprint density at radius 3 is 2.88 bits per heavy atom. The second kappa shape index (κ2) is 5.26. The van der Waals surface area contributed by atoms with E-state index in [1.807, 2.05) is 0 Å². The SMILES string of the molecule is CCOC(=O)C(N)Cn1ccc(=O)[nH]c1=O. The smallest absolute Gasteiger partial charge is 0.328 e. The van der Waals surface area contributed by atoms with Gasteiger partial charge in [0.2, 0.25) is 0 Å². The van der Waals surface area contributed by atoms with Crippen LogP contribution >= 0.6 is 0 Å². The predicted octanol–water partition coefficient (Wildman–Crippen LogP) is -1.57. The highest BCUT2D eigenvalue weighted by Crippen LogP contribution is 1.89. The number of hydrogen-bond acceptors (Lipinski definition) is 5. The maximum absolute atomic E-state index is 11.3. The lowest BCUT2D eigenvalue weighted by atomic mass is 10.3. The van der Waals surface area contributed by atoms with E-state index in [0.717, 1.165) is 4.57 Å². The number of rotatable bonds is 4. The first-order valence-electron chi connectivity index (χ1n) is 4.76. The van der Waals surface area contributed by atoms with Crippen molar-refractivity contribution in [2.75, 3.05) is 6.61 Å². The van der Waals surface area contributed by atoms with E-state index in [0.29, 0.717) is 0 Å². The van der Waals surface area contributed by atoms with Crippen molar-refractivity contribution in [3.8, 4) is 0 Å². The zero-order chi connectivity index (χ0) is 12.1. The summed E-state index contributed by atoms with van der Waals surface area (Å²) in [5.41, 5.74) is 4.42. The summed E-state index contributed by atoms with van der Waals surface area (Å²) in [4.78, 5) is 35.3. The summed E-state index contributed by atoms with van der Waals surface area (Å²) in [6.07, 6.45) is 1.28. The number of nitrogens with zero attached hydrogens (tertiary/aromatic N) is 1. The molecule has 0 aromatic carbocycles. The van der Waals surface area contributed by atoms with Gasteiger partial charge in [-0.05, 0) is 6.92 Å². The fourth-order valence-corrected chi connectivity index (χ4v) is 1.12. The molecule has 0 bridgehead atoms. The van der Waals surface area contributed by atoms with Crippen LogP contribution in [0.3, 0.4) is 0 Å². The van der Waals surface area contributed by atoms with E-state index < -0.39 is 23.3 Å². The van der Waals surface area contributed by atoms with Gasteiger partial charge in [-0.2, -0.15) is 0 Å². The van der Waals surface area contributed by atoms with Gasteiger partial charge in [0.05, 0.1) is 13.2 Å². The van der Waals surface area contributed by atoms with Gasteiger partial charge in [-0.25, -0.2) is 4.79 Å². The first kappa shape index (κ1) is 12.2. The van der Waals surface area contributed by atoms with Gasteiger partial charge >= 0.3 is 11.7 Å². The number of carbonyl (C=O) groups excluding carboxylic acids is 1. The zero-order valence-corrected chi connectivity index (χ0v) is 8.80. The number of ether oxygens (including phenoxy) is 1. The van der Waals surface area contributed by atoms with Gasteiger partial charge in [0.15, 0.2) is 0 Å². The van der Waals surface area contributed by atoms with Gasteiger partial charge in [-0.3, -0.25) is 19.1 Å². The first-order chi connectivity index (χ1) is 7.54. The summed E-state index contributed by atoms with van der Waals surface area (Å²) in [7, 11) is 0. The van der Waals surface area contributed by atoms with Crippen molar-refractivity contribution in [3.63, 3.8) is 0 Å². The number of aromatic amines is 1. The van der Waals surface area contributed by atoms with Crippen LogP contribution in [-0.4, -0.2) is 28.2 Å². The average molecular weight is 227 g/mol. The Hall–Kier alpha value is -1.89. The van der Waals surface area contributed by atoms with Crippen molar-refractivity contribution >= 4 is 5.97 Å². The Labute approximate surface area is 90.8 Å². The number of hydrogen-bond donors (Lipinski definition) is 2. The maximum Gasteiger partial charge on any atom is 0.328 e. The zero-order valence-electron chi connectivity index (χ0n) is 8.80. The summed E-state index contributed by atoms with van der Waals surface area (Å²) in [6.45, 7) is 1.86. The molecule has 88 valence electrons. The molecule has 1 heterocycles. The molecule has 0 spiro atoms. The third-order valence-electron chi connectivity index (χ3n) is 1.88. The van der Waals surface area contributed by atoms with E-state index in [2.05, 4.69) is 9.72 Å². The first-order valence-corrected chi connectivity index (χ1v) is 4.76. The fraction of sp³-hybridized carbons (Fsp3) is 0.444. The summed E-state index contributed by atoms with van der Waals surface area (Å²) >= 11 is 0. The van der Waals surface area contributed by atoms with Crippen molar-refractivity contribution in [2.45, 2.75) is 19.5 Å². The Morgan fingerprint density at radius 1 is 1.62 bits per heavy atom. The van der Waals surface area contributed by atoms with Crippen molar-refractivity contribution in [2.24, 2.45) is 5.73 Å². The largest absolute Gasteiger partial charge is 0.465 e. The van der Waals surface area contributed by atoms with E-state index in [9.17, 15) is 14.4 Å². The monoisotopic (exact) mass is 227 g/mol. The lowest BCUT2D eigenvalue weighted by Crippen LogP contribution is -2.40. The number of aromatic nitrogens is 2. The minimum atomic E-state index is -0.927. The van der Waals surface area contributed by atoms with Crippen LogP contribution in [-0.2, 0) is 16.1 Å². The molecule has 0 aliphatic heterocycles. The molecule has 1 rings (SSSR count). The number of H-pyrrole nitrogens is 1. The molecule has 1 unspecified atom stereocenters. The third-order valence-corrected chi connectivity index (χ3v) is 1.88. The molecule has 1 atom stereocenters. The van der Waals surface area contributed by atoms with Gasteiger partial charge < -0.3 is 10.5 Å². The van der Waals surface area contributed by atoms with Crippen LogP contribution in [0.15, 0.2) is 21.9 Å². The molecule has 7 nitrogen and oxygen atoms in total. The van der Waals surface area contributed by atoms with E-state index in [1.165, 1.54) is 12.3 Å². The quantitative estimate of drug-likeness (QED) is 0.604. The Bertz CT molecular complexity index is 476. The highest BCUT2D eigenvalue weighted by atomic mass is 16.5. The molecule has 3 N–H and O–H groups in total. The Kier molecular flexibility index (Phi) is 4.01. The molecule has 16 heavy (non-hydrogen) atoms. The number of nitrogens with one attached hydrogen (secondary N) is 1. The second-order valence-corrected chi connectivity index (χ2v) is 3.12. The van der Waals surface area contributed by atoms with Crippen molar-refractivity contribution in [3.05, 3.63) is 33.1 Å². The molecule has 1 aromatic heterocycles. The van der Waals surface area contributed by atoms with Gasteiger partial charge in [0.1, 0.15) is 6.04 Å². The van der Waals surface area contributed by atoms with E-state index in [-0.39, 0.29) is 13.2 Å². The minimum absolute atomic E-state index is 0.0333. The van der Waals surface area contributed by atoms with Gasteiger partial charge in [-0.15, -0.1) is 0 Å². The molecule has 0 saturated carbocycles. The van der Waals surface area contributed by atoms with Crippen molar-refractivity contribution in [1.29, 1.82) is 0 Å². The van der Waals surface area contributed by atoms with E-state index in [1.54, 1.807) is 6.92 Å². The van der Waals surface area contributed by atoms with Gasteiger partial charge in [0, 0.05) is 12.3 Å². The van der Waals surface area contributed by atoms with E-state index >= 15 is 0 Å². The molecule has 0 radical (unpaired) electrons. The number of esters is 1. The fourth-order valence-electron chi connectivity index (χ4n) is 1.12. The summed E-state index contributed by atoms with van der Waals surface area (Å²) in [5, 5.41) is 0. The molecule has 1 aromatic rings. The van der Waals surface area contributed by atoms with Crippen molar-refractivity contribution < 1.29 is 9.53 Å². The van der Waals surface area contributed by atoms with Crippen LogP contribution in [0.5, 0.6) is 0 Å². The second-order valence-electron chi connectivity index (χ2n) is 3.12. The Morgan fingerprint density at radius 2 is 2.31 bits per heavy atom. The average Bonchev–Trinajstić information content (AvgIpc) is 2.22. The maximum atomic E-state index is 11.3. The molecule has 0 amide bonds. The summed E-state index contributed by atoms with van der Waals surface area (Å²) in [5.74, 6) is -0.583. The van der Waals surface area contributed by atoms with Crippen LogP contribution in [0.25, 0.3) is 0 Å². The van der Waals surface area contributed by atoms with Crippen LogP contribution in [0, 0.1) is 0 Å². The van der Waals surface area contributed by atoms with Crippen LogP contribution in [0.4, 0.5) is 0 Å². The third kappa shape index (κ3) is 3.06. The predicted molar refractivity (Wildman–Crippen MR) is 55.9 cm³/mol. The minimum Gasteiger partial charge on any atom is -0.465 e. The summed E-state index contributed by atoms with van der Waals surface area (Å²) < 4.78 is 5.83. The molecule has 7 heteroatoms. The number of carbonyl (C=O) groups is 1. The highest BCUT2D eigenvalue weighted by molar-refractivity contribution is 5.75. The number of nitrogens with two attached hydrogens (primary N) is 1.